The van der Waals surface area contributed by atoms with Crippen molar-refractivity contribution in [3.05, 3.63) is 71.8 Å². The average Bonchev–Trinajstić information content (AvgIpc) is 3.00. The third kappa shape index (κ3) is 8.14. The number of rotatable bonds is 13. The maximum Gasteiger partial charge on any atom is 0.338 e. The van der Waals surface area contributed by atoms with E-state index in [2.05, 4.69) is 39.2 Å². The lowest BCUT2D eigenvalue weighted by Crippen LogP contribution is -1.97. The predicted molar refractivity (Wildman–Crippen MR) is 152 cm³/mol. The molecule has 0 aliphatic carbocycles. The summed E-state index contributed by atoms with van der Waals surface area (Å²) in [7, 11) is -4.58. The molecule has 0 saturated carbocycles. The summed E-state index contributed by atoms with van der Waals surface area (Å²) in [6.45, 7) is 0. The highest BCUT2D eigenvalue weighted by Crippen LogP contribution is 2.44. The molecule has 0 spiro atoms. The zero-order valence-electron chi connectivity index (χ0n) is 21.7. The summed E-state index contributed by atoms with van der Waals surface area (Å²) >= 11 is 0.887. The van der Waals surface area contributed by atoms with Gasteiger partial charge in [-0.25, -0.2) is 20.1 Å². The van der Waals surface area contributed by atoms with E-state index >= 15 is 0 Å². The van der Waals surface area contributed by atoms with E-state index in [1.807, 2.05) is 0 Å². The lowest BCUT2D eigenvalue weighted by atomic mass is 10.1. The van der Waals surface area contributed by atoms with E-state index in [9.17, 15) is 37.9 Å². The first-order valence-electron chi connectivity index (χ1n) is 11.6. The first kappa shape index (κ1) is 33.3. The Kier molecular flexibility index (Phi) is 10.7. The summed E-state index contributed by atoms with van der Waals surface area (Å²) in [6.07, 6.45) is 0. The van der Waals surface area contributed by atoms with Crippen LogP contribution in [0.2, 0.25) is 0 Å². The molecule has 0 fully saturated rings. The van der Waals surface area contributed by atoms with Crippen molar-refractivity contribution in [2.24, 2.45) is 20.5 Å². The number of phenolic OH excluding ortho intramolecular Hbond substituents is 1. The quantitative estimate of drug-likeness (QED) is 0.0276. The molecule has 4 aromatic carbocycles. The molecule has 4 rings (SSSR count). The van der Waals surface area contributed by atoms with Gasteiger partial charge in [0, 0.05) is 10.3 Å². The molecule has 4 aromatic rings. The maximum atomic E-state index is 12.0. The van der Waals surface area contributed by atoms with Gasteiger partial charge < -0.3 is 15.3 Å². The van der Waals surface area contributed by atoms with Gasteiger partial charge in [-0.15, -0.1) is 24.0 Å². The van der Waals surface area contributed by atoms with Crippen LogP contribution in [-0.4, -0.2) is 50.7 Å². The van der Waals surface area contributed by atoms with E-state index in [-0.39, 0.29) is 48.9 Å². The molecule has 0 atom stereocenters. The van der Waals surface area contributed by atoms with Crippen molar-refractivity contribution < 1.29 is 67.1 Å². The number of phenols is 1. The smallest absolute Gasteiger partial charge is 0.338 e. The Balaban J connectivity index is 1.72. The van der Waals surface area contributed by atoms with Crippen molar-refractivity contribution in [2.75, 3.05) is 0 Å². The summed E-state index contributed by atoms with van der Waals surface area (Å²) in [5.41, 5.74) is -1.34. The molecule has 0 radical (unpaired) electrons. The lowest BCUT2D eigenvalue weighted by Gasteiger charge is -2.10. The van der Waals surface area contributed by atoms with Crippen LogP contribution in [0.4, 0.5) is 22.7 Å². The zero-order chi connectivity index (χ0) is 32.7. The van der Waals surface area contributed by atoms with Gasteiger partial charge in [0.25, 0.3) is 10.1 Å². The molecule has 0 unspecified atom stereocenters. The highest BCUT2D eigenvalue weighted by Gasteiger charge is 2.19. The number of hydrogen-bond acceptors (Lipinski definition) is 17. The van der Waals surface area contributed by atoms with Crippen molar-refractivity contribution >= 4 is 79.7 Å². The van der Waals surface area contributed by atoms with Crippen LogP contribution in [0.3, 0.4) is 0 Å². The van der Waals surface area contributed by atoms with Crippen LogP contribution < -0.4 is 0 Å². The van der Waals surface area contributed by atoms with E-state index in [4.69, 9.17) is 10.5 Å². The van der Waals surface area contributed by atoms with E-state index in [1.165, 1.54) is 42.5 Å². The van der Waals surface area contributed by atoms with Gasteiger partial charge >= 0.3 is 11.9 Å². The van der Waals surface area contributed by atoms with Crippen molar-refractivity contribution in [1.29, 1.82) is 0 Å². The van der Waals surface area contributed by atoms with Gasteiger partial charge in [-0.1, -0.05) is 10.1 Å². The van der Waals surface area contributed by atoms with Gasteiger partial charge in [0.15, 0.2) is 5.75 Å². The van der Waals surface area contributed by atoms with Crippen LogP contribution in [0, 0.1) is 0 Å². The first-order valence-corrected chi connectivity index (χ1v) is 14.5. The van der Waals surface area contributed by atoms with E-state index in [1.54, 1.807) is 0 Å². The Morgan fingerprint density at radius 3 is 2.09 bits per heavy atom. The Morgan fingerprint density at radius 2 is 1.42 bits per heavy atom. The van der Waals surface area contributed by atoms with Crippen LogP contribution in [0.25, 0.3) is 10.8 Å². The number of aromatic hydroxyl groups is 1. The number of carboxylic acids is 2. The first-order chi connectivity index (χ1) is 21.4. The number of fused-ring (bicyclic) bond motifs is 1. The third-order valence-corrected chi connectivity index (χ3v) is 7.62. The molecule has 234 valence electrons. The molecule has 0 heterocycles. The fourth-order valence-electron chi connectivity index (χ4n) is 3.64. The van der Waals surface area contributed by atoms with Gasteiger partial charge in [0.05, 0.1) is 50.7 Å². The molecule has 45 heavy (non-hydrogen) atoms. The van der Waals surface area contributed by atoms with Crippen LogP contribution in [0.15, 0.2) is 95.8 Å². The molecular formula is C24H16N4O14S3. The second-order valence-corrected chi connectivity index (χ2v) is 11.2. The summed E-state index contributed by atoms with van der Waals surface area (Å²) in [5.74, 6) is -3.33. The van der Waals surface area contributed by atoms with Crippen LogP contribution in [0.1, 0.15) is 20.7 Å². The Morgan fingerprint density at radius 1 is 0.733 bits per heavy atom. The van der Waals surface area contributed by atoms with Gasteiger partial charge in [-0.3, -0.25) is 4.55 Å². The molecule has 0 aliphatic rings. The highest BCUT2D eigenvalue weighted by atomic mass is 32.2. The second-order valence-electron chi connectivity index (χ2n) is 8.27. The summed E-state index contributed by atoms with van der Waals surface area (Å²) in [5, 5.41) is 69.9. The molecule has 0 amide bonds. The SMILES string of the molecule is O=C(O)c1ccc(SOOO)cc1/N=N/c1ccc(/N=N/c2c(SOOO)cc3cc(S(=O)(=O)O)ccc3c2O)c(C(=O)O)c1. The minimum atomic E-state index is -4.58. The number of carboxylic acid groups (broad SMARTS) is 2. The molecule has 0 aliphatic heterocycles. The van der Waals surface area contributed by atoms with Gasteiger partial charge in [-0.2, -0.15) is 13.5 Å². The van der Waals surface area contributed by atoms with E-state index < -0.39 is 38.3 Å². The third-order valence-electron chi connectivity index (χ3n) is 5.58. The average molecular weight is 681 g/mol. The van der Waals surface area contributed by atoms with Gasteiger partial charge in [-0.05, 0) is 66.0 Å². The van der Waals surface area contributed by atoms with Crippen molar-refractivity contribution in [3.63, 3.8) is 0 Å². The largest absolute Gasteiger partial charge is 0.505 e. The minimum Gasteiger partial charge on any atom is -0.505 e. The van der Waals surface area contributed by atoms with Crippen LogP contribution in [-0.2, 0) is 28.9 Å². The fraction of sp³-hybridized carbons (Fsp3) is 0. The number of benzene rings is 4. The normalized spacial score (nSPS) is 12.0. The van der Waals surface area contributed by atoms with Crippen molar-refractivity contribution in [1.82, 2.24) is 0 Å². The lowest BCUT2D eigenvalue weighted by molar-refractivity contribution is -0.432. The number of aromatic carboxylic acids is 2. The van der Waals surface area contributed by atoms with Gasteiger partial charge in [0.1, 0.15) is 17.1 Å². The molecule has 6 N–H and O–H groups in total. The van der Waals surface area contributed by atoms with E-state index in [0.717, 1.165) is 18.2 Å². The number of nitrogens with zero attached hydrogens (tertiary/aromatic N) is 4. The molecule has 21 heteroatoms. The minimum absolute atomic E-state index is 0.0244. The topological polar surface area (TPSA) is 276 Å². The van der Waals surface area contributed by atoms with E-state index in [0.29, 0.717) is 24.1 Å². The molecular weight excluding hydrogens is 664 g/mol. The Hall–Kier alpha value is -4.55. The number of hydrogen-bond donors (Lipinski definition) is 6. The molecule has 18 nitrogen and oxygen atoms in total. The van der Waals surface area contributed by atoms with Crippen LogP contribution in [0.5, 0.6) is 5.75 Å². The number of carbonyl (C=O) groups is 2. The molecule has 0 bridgehead atoms. The van der Waals surface area contributed by atoms with Crippen LogP contribution >= 0.6 is 24.1 Å². The summed E-state index contributed by atoms with van der Waals surface area (Å²) < 4.78 is 41.1. The monoisotopic (exact) mass is 680 g/mol. The Labute approximate surface area is 259 Å². The zero-order valence-corrected chi connectivity index (χ0v) is 24.2. The maximum absolute atomic E-state index is 12.0. The van der Waals surface area contributed by atoms with Gasteiger partial charge in [0.2, 0.25) is 0 Å². The van der Waals surface area contributed by atoms with Crippen molar-refractivity contribution in [3.8, 4) is 5.75 Å². The highest BCUT2D eigenvalue weighted by molar-refractivity contribution is 7.95. The molecule has 0 aromatic heterocycles. The Bertz CT molecular complexity index is 1950. The van der Waals surface area contributed by atoms with Crippen molar-refractivity contribution in [2.45, 2.75) is 14.7 Å². The summed E-state index contributed by atoms with van der Waals surface area (Å²) in [6, 6.07) is 11.9. The number of azo groups is 2. The fourth-order valence-corrected chi connectivity index (χ4v) is 5.05. The summed E-state index contributed by atoms with van der Waals surface area (Å²) in [4.78, 5) is 23.3. The second kappa shape index (κ2) is 14.5. The predicted octanol–water partition coefficient (Wildman–Crippen LogP) is 6.88. The molecule has 0 saturated heterocycles. The standard InChI is InChI=1S/C24H16N4O14S3/c29-22-15-5-3-14(45(36,37)38)7-11(15)8-20(44-42-40-35)21(22)28-26-18-6-1-12(9-17(18)24(32)33)25-27-19-10-13(43-41-39-34)2-4-16(19)23(30)31/h1-10,29,34-35H,(H,30,31)(H,32,33)(H,36,37,38)/b27-25+,28-26+.